The van der Waals surface area contributed by atoms with Crippen molar-refractivity contribution in [2.75, 3.05) is 50.8 Å². The highest BCUT2D eigenvalue weighted by Gasteiger charge is 2.52. The van der Waals surface area contributed by atoms with Gasteiger partial charge in [-0.15, -0.1) is 5.10 Å². The minimum absolute atomic E-state index is 0.126. The van der Waals surface area contributed by atoms with Crippen LogP contribution in [0.3, 0.4) is 0 Å². The van der Waals surface area contributed by atoms with Gasteiger partial charge in [-0.3, -0.25) is 9.69 Å². The average Bonchev–Trinajstić information content (AvgIpc) is 3.12. The van der Waals surface area contributed by atoms with Crippen LogP contribution in [0.1, 0.15) is 45.1 Å². The molecule has 0 saturated carbocycles. The van der Waals surface area contributed by atoms with Gasteiger partial charge in [0.25, 0.3) is 5.91 Å². The number of carbonyl (C=O) groups excluding carboxylic acids is 2. The Hall–Kier alpha value is -2.73. The van der Waals surface area contributed by atoms with Gasteiger partial charge < -0.3 is 19.3 Å². The van der Waals surface area contributed by atoms with Crippen LogP contribution in [0.4, 0.5) is 19.0 Å². The molecule has 1 spiro atoms. The molecule has 12 heteroatoms. The standard InChI is InChI=1S/C25H32F3N5O4/c1-16-15-32(9-10-33(16)20-13-18(14-29-30-20)25(26,27)28)22(34)21-17(2)23(35)37-24(21)5-7-31(8-6-24)19-3-11-36-12-4-19/h13-14,16,19H,3-12,15H2,1-2H3/t16-/m0/s1. The first-order valence-electron chi connectivity index (χ1n) is 12.8. The van der Waals surface area contributed by atoms with Gasteiger partial charge >= 0.3 is 12.1 Å². The van der Waals surface area contributed by atoms with E-state index >= 15 is 0 Å². The molecule has 0 bridgehead atoms. The molecule has 4 aliphatic heterocycles. The summed E-state index contributed by atoms with van der Waals surface area (Å²) in [6.45, 7) is 7.33. The largest absolute Gasteiger partial charge is 0.450 e. The number of nitrogens with zero attached hydrogens (tertiary/aromatic N) is 5. The highest BCUT2D eigenvalue weighted by molar-refractivity contribution is 6.07. The molecule has 1 atom stereocenters. The third-order valence-electron chi connectivity index (χ3n) is 8.13. The molecule has 1 aromatic rings. The minimum atomic E-state index is -4.51. The molecule has 1 amide bonds. The first-order valence-corrected chi connectivity index (χ1v) is 12.8. The Morgan fingerprint density at radius 3 is 2.49 bits per heavy atom. The number of piperidine rings is 1. The van der Waals surface area contributed by atoms with Gasteiger partial charge in [0.1, 0.15) is 5.60 Å². The number of halogens is 3. The molecule has 5 heterocycles. The second kappa shape index (κ2) is 9.86. The highest BCUT2D eigenvalue weighted by Crippen LogP contribution is 2.43. The number of piperazine rings is 1. The van der Waals surface area contributed by atoms with E-state index in [0.29, 0.717) is 42.8 Å². The molecule has 0 aliphatic carbocycles. The number of esters is 1. The quantitative estimate of drug-likeness (QED) is 0.559. The lowest BCUT2D eigenvalue weighted by molar-refractivity contribution is -0.152. The summed E-state index contributed by atoms with van der Waals surface area (Å²) < 4.78 is 50.8. The van der Waals surface area contributed by atoms with E-state index in [1.165, 1.54) is 0 Å². The van der Waals surface area contributed by atoms with Gasteiger partial charge in [0.15, 0.2) is 5.82 Å². The first-order chi connectivity index (χ1) is 17.6. The highest BCUT2D eigenvalue weighted by atomic mass is 19.4. The van der Waals surface area contributed by atoms with Gasteiger partial charge in [-0.25, -0.2) is 4.79 Å². The Labute approximate surface area is 213 Å². The molecule has 9 nitrogen and oxygen atoms in total. The number of likely N-dealkylation sites (tertiary alicyclic amines) is 1. The number of alkyl halides is 3. The van der Waals surface area contributed by atoms with E-state index in [2.05, 4.69) is 15.1 Å². The summed E-state index contributed by atoms with van der Waals surface area (Å²) in [4.78, 5) is 32.3. The van der Waals surface area contributed by atoms with Crippen molar-refractivity contribution in [3.8, 4) is 0 Å². The van der Waals surface area contributed by atoms with E-state index < -0.39 is 23.3 Å². The Bertz CT molecular complexity index is 1080. The topological polar surface area (TPSA) is 88.1 Å². The second-order valence-electron chi connectivity index (χ2n) is 10.4. The monoisotopic (exact) mass is 523 g/mol. The molecule has 0 unspecified atom stereocenters. The van der Waals surface area contributed by atoms with Crippen LogP contribution >= 0.6 is 0 Å². The number of ether oxygens (including phenoxy) is 2. The molecule has 0 radical (unpaired) electrons. The fourth-order valence-electron chi connectivity index (χ4n) is 6.05. The van der Waals surface area contributed by atoms with Crippen molar-refractivity contribution >= 4 is 17.7 Å². The van der Waals surface area contributed by atoms with Crippen LogP contribution in [-0.2, 0) is 25.2 Å². The van der Waals surface area contributed by atoms with Gasteiger partial charge in [0, 0.05) is 76.4 Å². The van der Waals surface area contributed by atoms with Crippen molar-refractivity contribution < 1.29 is 32.2 Å². The molecule has 202 valence electrons. The fraction of sp³-hybridized carbons (Fsp3) is 0.680. The van der Waals surface area contributed by atoms with Crippen molar-refractivity contribution in [2.45, 2.75) is 63.4 Å². The van der Waals surface area contributed by atoms with Crippen molar-refractivity contribution in [1.82, 2.24) is 20.0 Å². The van der Waals surface area contributed by atoms with E-state index in [1.54, 1.807) is 16.7 Å². The molecule has 3 saturated heterocycles. The molecule has 0 N–H and O–H groups in total. The second-order valence-corrected chi connectivity index (χ2v) is 10.4. The molecule has 0 aromatic carbocycles. The first kappa shape index (κ1) is 25.9. The zero-order chi connectivity index (χ0) is 26.4. The third-order valence-corrected chi connectivity index (χ3v) is 8.13. The SMILES string of the molecule is CC1=C(C(=O)N2CCN(c3cc(C(F)(F)F)cnn3)[C@@H](C)C2)C2(CCN(C3CCOCC3)CC2)OC1=O. The summed E-state index contributed by atoms with van der Waals surface area (Å²) in [5.74, 6) is -0.556. The smallest absolute Gasteiger partial charge is 0.418 e. The van der Waals surface area contributed by atoms with E-state index in [-0.39, 0.29) is 30.9 Å². The Morgan fingerprint density at radius 2 is 1.84 bits per heavy atom. The number of aromatic nitrogens is 2. The van der Waals surface area contributed by atoms with Crippen LogP contribution < -0.4 is 4.90 Å². The maximum atomic E-state index is 13.8. The van der Waals surface area contributed by atoms with E-state index in [9.17, 15) is 22.8 Å². The number of anilines is 1. The van der Waals surface area contributed by atoms with Crippen molar-refractivity contribution in [1.29, 1.82) is 0 Å². The summed E-state index contributed by atoms with van der Waals surface area (Å²) in [6, 6.07) is 1.14. The maximum Gasteiger partial charge on any atom is 0.418 e. The van der Waals surface area contributed by atoms with E-state index in [0.717, 1.165) is 45.2 Å². The van der Waals surface area contributed by atoms with Gasteiger partial charge in [0.05, 0.1) is 17.3 Å². The molecule has 3 fully saturated rings. The minimum Gasteiger partial charge on any atom is -0.450 e. The van der Waals surface area contributed by atoms with Gasteiger partial charge in [-0.1, -0.05) is 0 Å². The lowest BCUT2D eigenvalue weighted by Crippen LogP contribution is -2.57. The van der Waals surface area contributed by atoms with Crippen LogP contribution in [-0.4, -0.2) is 95.5 Å². The summed E-state index contributed by atoms with van der Waals surface area (Å²) in [7, 11) is 0. The van der Waals surface area contributed by atoms with Crippen molar-refractivity contribution in [2.24, 2.45) is 0 Å². The van der Waals surface area contributed by atoms with Crippen LogP contribution in [0.15, 0.2) is 23.4 Å². The van der Waals surface area contributed by atoms with Crippen molar-refractivity contribution in [3.05, 3.63) is 29.0 Å². The average molecular weight is 524 g/mol. The van der Waals surface area contributed by atoms with Crippen LogP contribution in [0.2, 0.25) is 0 Å². The Morgan fingerprint density at radius 1 is 1.14 bits per heavy atom. The summed E-state index contributed by atoms with van der Waals surface area (Å²) >= 11 is 0. The van der Waals surface area contributed by atoms with Gasteiger partial charge in [-0.2, -0.15) is 18.3 Å². The molecular weight excluding hydrogens is 491 g/mol. The van der Waals surface area contributed by atoms with Crippen LogP contribution in [0.5, 0.6) is 0 Å². The predicted molar refractivity (Wildman–Crippen MR) is 127 cm³/mol. The zero-order valence-corrected chi connectivity index (χ0v) is 21.1. The Balaban J connectivity index is 1.28. The predicted octanol–water partition coefficient (Wildman–Crippen LogP) is 2.42. The molecule has 4 aliphatic rings. The molecular formula is C25H32F3N5O4. The van der Waals surface area contributed by atoms with Crippen LogP contribution in [0.25, 0.3) is 0 Å². The summed E-state index contributed by atoms with van der Waals surface area (Å²) in [5, 5.41) is 7.42. The van der Waals surface area contributed by atoms with Gasteiger partial charge in [-0.05, 0) is 32.8 Å². The summed E-state index contributed by atoms with van der Waals surface area (Å²) in [6.07, 6.45) is -0.738. The lowest BCUT2D eigenvalue weighted by atomic mass is 9.81. The number of rotatable bonds is 3. The maximum absolute atomic E-state index is 13.8. The molecule has 37 heavy (non-hydrogen) atoms. The number of hydrogen-bond donors (Lipinski definition) is 0. The number of amides is 1. The third kappa shape index (κ3) is 4.93. The van der Waals surface area contributed by atoms with Crippen LogP contribution in [0, 0.1) is 0 Å². The molecule has 1 aromatic heterocycles. The summed E-state index contributed by atoms with van der Waals surface area (Å²) in [5.41, 5.74) is -1.00. The Kier molecular flexibility index (Phi) is 6.90. The van der Waals surface area contributed by atoms with Gasteiger partial charge in [0.2, 0.25) is 0 Å². The fourth-order valence-corrected chi connectivity index (χ4v) is 6.05. The van der Waals surface area contributed by atoms with Crippen molar-refractivity contribution in [3.63, 3.8) is 0 Å². The zero-order valence-electron chi connectivity index (χ0n) is 21.1. The van der Waals surface area contributed by atoms with E-state index in [1.807, 2.05) is 6.92 Å². The number of carbonyl (C=O) groups is 2. The normalized spacial score (nSPS) is 25.6. The molecule has 5 rings (SSSR count). The lowest BCUT2D eigenvalue weighted by Gasteiger charge is -2.45. The number of hydrogen-bond acceptors (Lipinski definition) is 8. The van der Waals surface area contributed by atoms with E-state index in [4.69, 9.17) is 9.47 Å².